The summed E-state index contributed by atoms with van der Waals surface area (Å²) in [4.78, 5) is 15.2. The highest BCUT2D eigenvalue weighted by Crippen LogP contribution is 2.29. The van der Waals surface area contributed by atoms with E-state index in [0.717, 1.165) is 25.1 Å². The molecule has 0 aliphatic carbocycles. The van der Waals surface area contributed by atoms with Crippen molar-refractivity contribution in [1.29, 1.82) is 0 Å². The average Bonchev–Trinajstić information content (AvgIpc) is 3.18. The molecule has 0 spiro atoms. The average molecular weight is 435 g/mol. The number of hydrogen-bond donors (Lipinski definition) is 1. The highest BCUT2D eigenvalue weighted by molar-refractivity contribution is 7.92. The van der Waals surface area contributed by atoms with Gasteiger partial charge in [-0.05, 0) is 61.7 Å². The lowest BCUT2D eigenvalue weighted by Crippen LogP contribution is -2.21. The first-order chi connectivity index (χ1) is 14.9. The summed E-state index contributed by atoms with van der Waals surface area (Å²) in [5.74, 6) is -0.430. The molecule has 160 valence electrons. The van der Waals surface area contributed by atoms with Gasteiger partial charge in [0.25, 0.3) is 5.91 Å². The maximum atomic E-state index is 12.8. The maximum Gasteiger partial charge on any atom is 0.256 e. The molecule has 0 saturated carbocycles. The lowest BCUT2D eigenvalue weighted by molar-refractivity contribution is 0.102. The van der Waals surface area contributed by atoms with Crippen LogP contribution < -0.4 is 10.2 Å². The number of fused-ring (bicyclic) bond motifs is 1. The molecule has 0 aromatic heterocycles. The molecular formula is C25H26N2O3S. The zero-order valence-corrected chi connectivity index (χ0v) is 18.5. The summed E-state index contributed by atoms with van der Waals surface area (Å²) in [7, 11) is -3.56. The Balaban J connectivity index is 1.48. The summed E-state index contributed by atoms with van der Waals surface area (Å²) in [5, 5.41) is 2.23. The molecule has 5 nitrogen and oxygen atoms in total. The Morgan fingerprint density at radius 3 is 2.39 bits per heavy atom. The summed E-state index contributed by atoms with van der Waals surface area (Å²) < 4.78 is 25.2. The molecule has 6 heteroatoms. The summed E-state index contributed by atoms with van der Waals surface area (Å²) in [6.45, 7) is 5.03. The Morgan fingerprint density at radius 2 is 1.65 bits per heavy atom. The van der Waals surface area contributed by atoms with Crippen LogP contribution in [-0.4, -0.2) is 26.1 Å². The Morgan fingerprint density at radius 1 is 0.968 bits per heavy atom. The monoisotopic (exact) mass is 434 g/mol. The number of hydrogen-bond acceptors (Lipinski definition) is 4. The zero-order valence-electron chi connectivity index (χ0n) is 17.7. The molecule has 4 rings (SSSR count). The Bertz CT molecular complexity index is 1200. The predicted molar refractivity (Wildman–Crippen MR) is 124 cm³/mol. The third kappa shape index (κ3) is 4.35. The van der Waals surface area contributed by atoms with E-state index in [1.54, 1.807) is 32.0 Å². The van der Waals surface area contributed by atoms with Crippen molar-refractivity contribution in [2.45, 2.75) is 37.0 Å². The van der Waals surface area contributed by atoms with E-state index >= 15 is 0 Å². The van der Waals surface area contributed by atoms with Crippen LogP contribution in [-0.2, 0) is 22.8 Å². The quantitative estimate of drug-likeness (QED) is 0.612. The molecule has 0 saturated heterocycles. The van der Waals surface area contributed by atoms with Gasteiger partial charge in [-0.25, -0.2) is 8.42 Å². The number of sulfone groups is 1. The second-order valence-corrected chi connectivity index (χ2v) is 10.5. The lowest BCUT2D eigenvalue weighted by atomic mass is 10.1. The van der Waals surface area contributed by atoms with Gasteiger partial charge >= 0.3 is 0 Å². The van der Waals surface area contributed by atoms with Gasteiger partial charge in [0, 0.05) is 24.5 Å². The normalized spacial score (nSPS) is 13.3. The second-order valence-electron chi connectivity index (χ2n) is 8.04. The van der Waals surface area contributed by atoms with Crippen LogP contribution in [0.1, 0.15) is 35.3 Å². The number of nitrogens with zero attached hydrogens (tertiary/aromatic N) is 1. The lowest BCUT2D eigenvalue weighted by Gasteiger charge is -2.19. The third-order valence-electron chi connectivity index (χ3n) is 5.63. The molecule has 31 heavy (non-hydrogen) atoms. The molecule has 1 aliphatic heterocycles. The van der Waals surface area contributed by atoms with Gasteiger partial charge in [-0.3, -0.25) is 4.79 Å². The highest BCUT2D eigenvalue weighted by Gasteiger charge is 2.25. The first kappa shape index (κ1) is 21.1. The molecule has 0 radical (unpaired) electrons. The van der Waals surface area contributed by atoms with E-state index in [2.05, 4.69) is 34.5 Å². The van der Waals surface area contributed by atoms with Crippen molar-refractivity contribution in [3.63, 3.8) is 0 Å². The highest BCUT2D eigenvalue weighted by atomic mass is 32.2. The Kier molecular flexibility index (Phi) is 5.83. The smallest absolute Gasteiger partial charge is 0.256 e. The fourth-order valence-electron chi connectivity index (χ4n) is 3.84. The molecule has 0 bridgehead atoms. The van der Waals surface area contributed by atoms with Crippen molar-refractivity contribution in [1.82, 2.24) is 0 Å². The van der Waals surface area contributed by atoms with Crippen molar-refractivity contribution < 1.29 is 13.2 Å². The molecule has 3 aromatic rings. The van der Waals surface area contributed by atoms with Gasteiger partial charge in [0.1, 0.15) is 0 Å². The summed E-state index contributed by atoms with van der Waals surface area (Å²) in [5.41, 5.74) is 4.60. The van der Waals surface area contributed by atoms with Gasteiger partial charge in [-0.1, -0.05) is 42.5 Å². The maximum absolute atomic E-state index is 12.8. The van der Waals surface area contributed by atoms with Crippen LogP contribution in [0.25, 0.3) is 0 Å². The molecule has 0 fully saturated rings. The largest absolute Gasteiger partial charge is 0.367 e. The van der Waals surface area contributed by atoms with Gasteiger partial charge in [0.15, 0.2) is 9.84 Å². The fourth-order valence-corrected chi connectivity index (χ4v) is 5.08. The zero-order chi connectivity index (χ0) is 22.0. The molecule has 1 aliphatic rings. The summed E-state index contributed by atoms with van der Waals surface area (Å²) in [6.07, 6.45) is 1.06. The standard InChI is InChI=1S/C25H26N2O3S/c1-18(2)31(29,30)24-10-6-4-8-22(24)25(28)26-21-13-11-19(12-14-21)17-27-16-15-20-7-3-5-9-23(20)27/h3-14,18H,15-17H2,1-2H3,(H,26,28). The number of nitrogens with one attached hydrogen (secondary N) is 1. The van der Waals surface area contributed by atoms with Crippen molar-refractivity contribution in [2.24, 2.45) is 0 Å². The van der Waals surface area contributed by atoms with Crippen LogP contribution in [0.5, 0.6) is 0 Å². The van der Waals surface area contributed by atoms with E-state index in [0.29, 0.717) is 5.69 Å². The van der Waals surface area contributed by atoms with Crippen LogP contribution >= 0.6 is 0 Å². The number of benzene rings is 3. The van der Waals surface area contributed by atoms with E-state index in [4.69, 9.17) is 0 Å². The van der Waals surface area contributed by atoms with Crippen LogP contribution in [0.4, 0.5) is 11.4 Å². The summed E-state index contributed by atoms with van der Waals surface area (Å²) >= 11 is 0. The van der Waals surface area contributed by atoms with Crippen LogP contribution in [0.3, 0.4) is 0 Å². The number of para-hydroxylation sites is 1. The van der Waals surface area contributed by atoms with Gasteiger partial charge in [0.2, 0.25) is 0 Å². The van der Waals surface area contributed by atoms with Crippen LogP contribution in [0, 0.1) is 0 Å². The van der Waals surface area contributed by atoms with Crippen LogP contribution in [0.15, 0.2) is 77.7 Å². The molecule has 1 heterocycles. The van der Waals surface area contributed by atoms with Gasteiger partial charge in [-0.15, -0.1) is 0 Å². The van der Waals surface area contributed by atoms with Crippen molar-refractivity contribution >= 4 is 27.1 Å². The second kappa shape index (κ2) is 8.55. The van der Waals surface area contributed by atoms with E-state index in [-0.39, 0.29) is 10.5 Å². The number of rotatable bonds is 6. The number of anilines is 2. The summed E-state index contributed by atoms with van der Waals surface area (Å²) in [6, 6.07) is 22.5. The van der Waals surface area contributed by atoms with E-state index in [1.165, 1.54) is 17.3 Å². The van der Waals surface area contributed by atoms with E-state index in [1.807, 2.05) is 24.3 Å². The van der Waals surface area contributed by atoms with E-state index in [9.17, 15) is 13.2 Å². The number of amides is 1. The molecule has 1 amide bonds. The number of carbonyl (C=O) groups excluding carboxylic acids is 1. The topological polar surface area (TPSA) is 66.5 Å². The van der Waals surface area contributed by atoms with Crippen molar-refractivity contribution in [3.05, 3.63) is 89.5 Å². The Hall–Kier alpha value is -3.12. The minimum atomic E-state index is -3.56. The van der Waals surface area contributed by atoms with Gasteiger partial charge in [0.05, 0.1) is 15.7 Å². The van der Waals surface area contributed by atoms with Crippen molar-refractivity contribution in [2.75, 3.05) is 16.8 Å². The van der Waals surface area contributed by atoms with Crippen LogP contribution in [0.2, 0.25) is 0 Å². The Labute approximate surface area is 183 Å². The molecule has 3 aromatic carbocycles. The van der Waals surface area contributed by atoms with Gasteiger partial charge in [-0.2, -0.15) is 0 Å². The minimum absolute atomic E-state index is 0.0619. The minimum Gasteiger partial charge on any atom is -0.367 e. The molecular weight excluding hydrogens is 408 g/mol. The molecule has 0 atom stereocenters. The first-order valence-corrected chi connectivity index (χ1v) is 12.0. The fraction of sp³-hybridized carbons (Fsp3) is 0.240. The predicted octanol–water partition coefficient (Wildman–Crippen LogP) is 4.68. The van der Waals surface area contributed by atoms with Gasteiger partial charge < -0.3 is 10.2 Å². The third-order valence-corrected chi connectivity index (χ3v) is 7.84. The first-order valence-electron chi connectivity index (χ1n) is 10.4. The SMILES string of the molecule is CC(C)S(=O)(=O)c1ccccc1C(=O)Nc1ccc(CN2CCc3ccccc32)cc1. The molecule has 0 unspecified atom stereocenters. The van der Waals surface area contributed by atoms with E-state index < -0.39 is 21.0 Å². The van der Waals surface area contributed by atoms with Crippen molar-refractivity contribution in [3.8, 4) is 0 Å². The number of carbonyl (C=O) groups is 1. The molecule has 1 N–H and O–H groups in total.